The number of rotatable bonds is 6. The Morgan fingerprint density at radius 2 is 2.05 bits per heavy atom. The zero-order valence-corrected chi connectivity index (χ0v) is 13.1. The molecule has 1 fully saturated rings. The lowest BCUT2D eigenvalue weighted by Gasteiger charge is -2.23. The molecule has 5 nitrogen and oxygen atoms in total. The van der Waals surface area contributed by atoms with Crippen LogP contribution in [0.25, 0.3) is 0 Å². The average Bonchev–Trinajstić information content (AvgIpc) is 2.54. The number of carbonyl (C=O) groups excluding carboxylic acids is 1. The standard InChI is InChI=1S/C17H26N2O3/c1-12-15(17(22)19-13-6-3-2-4-7-13)8-5-9-16(12)18-10-14(21)11-20/h5,8-9,13-14,18,20-21H,2-4,6-7,10-11H2,1H3,(H,19,22). The molecule has 1 aliphatic carbocycles. The van der Waals surface area contributed by atoms with Crippen molar-refractivity contribution >= 4 is 11.6 Å². The number of amides is 1. The van der Waals surface area contributed by atoms with E-state index >= 15 is 0 Å². The number of aliphatic hydroxyl groups excluding tert-OH is 2. The highest BCUT2D eigenvalue weighted by Crippen LogP contribution is 2.21. The number of anilines is 1. The molecule has 0 bridgehead atoms. The molecule has 0 spiro atoms. The third kappa shape index (κ3) is 4.45. The van der Waals surface area contributed by atoms with Gasteiger partial charge in [0, 0.05) is 23.8 Å². The smallest absolute Gasteiger partial charge is 0.251 e. The number of benzene rings is 1. The molecule has 1 aromatic rings. The third-order valence-electron chi connectivity index (χ3n) is 4.26. The second-order valence-corrected chi connectivity index (χ2v) is 6.00. The molecular formula is C17H26N2O3. The minimum atomic E-state index is -0.806. The van der Waals surface area contributed by atoms with Crippen molar-refractivity contribution in [3.8, 4) is 0 Å². The second-order valence-electron chi connectivity index (χ2n) is 6.00. The van der Waals surface area contributed by atoms with Gasteiger partial charge in [0.25, 0.3) is 5.91 Å². The molecule has 0 heterocycles. The van der Waals surface area contributed by atoms with Gasteiger partial charge in [0.2, 0.25) is 0 Å². The fourth-order valence-corrected chi connectivity index (χ4v) is 2.88. The zero-order valence-electron chi connectivity index (χ0n) is 13.1. The van der Waals surface area contributed by atoms with E-state index < -0.39 is 6.10 Å². The Balaban J connectivity index is 2.02. The second kappa shape index (κ2) is 8.15. The maximum atomic E-state index is 12.5. The molecule has 0 aliphatic heterocycles. The van der Waals surface area contributed by atoms with Crippen LogP contribution in [0.1, 0.15) is 48.0 Å². The average molecular weight is 306 g/mol. The van der Waals surface area contributed by atoms with E-state index in [0.717, 1.165) is 24.1 Å². The van der Waals surface area contributed by atoms with E-state index in [4.69, 9.17) is 5.11 Å². The van der Waals surface area contributed by atoms with E-state index in [9.17, 15) is 9.90 Å². The van der Waals surface area contributed by atoms with Crippen LogP contribution in [0.3, 0.4) is 0 Å². The van der Waals surface area contributed by atoms with Crippen molar-refractivity contribution in [1.82, 2.24) is 5.32 Å². The fourth-order valence-electron chi connectivity index (χ4n) is 2.88. The topological polar surface area (TPSA) is 81.6 Å². The van der Waals surface area contributed by atoms with Crippen molar-refractivity contribution < 1.29 is 15.0 Å². The molecule has 1 unspecified atom stereocenters. The van der Waals surface area contributed by atoms with Crippen LogP contribution in [0.4, 0.5) is 5.69 Å². The molecule has 0 radical (unpaired) electrons. The minimum Gasteiger partial charge on any atom is -0.394 e. The van der Waals surface area contributed by atoms with E-state index in [-0.39, 0.29) is 25.1 Å². The summed E-state index contributed by atoms with van der Waals surface area (Å²) in [5.41, 5.74) is 2.33. The quantitative estimate of drug-likeness (QED) is 0.646. The van der Waals surface area contributed by atoms with Crippen molar-refractivity contribution in [3.05, 3.63) is 29.3 Å². The van der Waals surface area contributed by atoms with E-state index in [0.29, 0.717) is 5.56 Å². The third-order valence-corrected chi connectivity index (χ3v) is 4.26. The van der Waals surface area contributed by atoms with Crippen LogP contribution in [0, 0.1) is 6.92 Å². The molecule has 1 atom stereocenters. The van der Waals surface area contributed by atoms with Gasteiger partial charge in [-0.1, -0.05) is 25.3 Å². The van der Waals surface area contributed by atoms with Crippen molar-refractivity contribution in [1.29, 1.82) is 0 Å². The number of hydrogen-bond acceptors (Lipinski definition) is 4. The molecule has 1 saturated carbocycles. The van der Waals surface area contributed by atoms with E-state index in [1.165, 1.54) is 19.3 Å². The number of carbonyl (C=O) groups is 1. The highest BCUT2D eigenvalue weighted by molar-refractivity contribution is 5.97. The molecule has 122 valence electrons. The lowest BCUT2D eigenvalue weighted by molar-refractivity contribution is 0.0927. The minimum absolute atomic E-state index is 0.0317. The number of aliphatic hydroxyl groups is 2. The normalized spacial score (nSPS) is 17.0. The van der Waals surface area contributed by atoms with Gasteiger partial charge in [-0.15, -0.1) is 0 Å². The first-order chi connectivity index (χ1) is 10.6. The summed E-state index contributed by atoms with van der Waals surface area (Å²) in [6.45, 7) is 1.86. The summed E-state index contributed by atoms with van der Waals surface area (Å²) >= 11 is 0. The zero-order chi connectivity index (χ0) is 15.9. The van der Waals surface area contributed by atoms with Crippen molar-refractivity contribution in [2.45, 2.75) is 51.2 Å². The van der Waals surface area contributed by atoms with Gasteiger partial charge < -0.3 is 20.8 Å². The summed E-state index contributed by atoms with van der Waals surface area (Å²) in [6.07, 6.45) is 4.95. The Morgan fingerprint density at radius 1 is 1.32 bits per heavy atom. The Labute approximate surface area is 131 Å². The van der Waals surface area contributed by atoms with Gasteiger partial charge in [-0.05, 0) is 37.5 Å². The Bertz CT molecular complexity index is 499. The molecule has 1 amide bonds. The molecule has 1 aromatic carbocycles. The molecule has 4 N–H and O–H groups in total. The first-order valence-electron chi connectivity index (χ1n) is 8.05. The fraction of sp³-hybridized carbons (Fsp3) is 0.588. The largest absolute Gasteiger partial charge is 0.394 e. The van der Waals surface area contributed by atoms with E-state index in [1.54, 1.807) is 0 Å². The highest BCUT2D eigenvalue weighted by Gasteiger charge is 2.18. The summed E-state index contributed by atoms with van der Waals surface area (Å²) in [5.74, 6) is -0.0317. The summed E-state index contributed by atoms with van der Waals surface area (Å²) in [7, 11) is 0. The lowest BCUT2D eigenvalue weighted by Crippen LogP contribution is -2.36. The Morgan fingerprint density at radius 3 is 2.73 bits per heavy atom. The first-order valence-corrected chi connectivity index (χ1v) is 8.05. The van der Waals surface area contributed by atoms with Gasteiger partial charge in [-0.2, -0.15) is 0 Å². The summed E-state index contributed by atoms with van der Waals surface area (Å²) in [5, 5.41) is 24.5. The van der Waals surface area contributed by atoms with Crippen LogP contribution in [0.5, 0.6) is 0 Å². The molecule has 22 heavy (non-hydrogen) atoms. The number of hydrogen-bond donors (Lipinski definition) is 4. The summed E-state index contributed by atoms with van der Waals surface area (Å²) in [6, 6.07) is 5.81. The predicted molar refractivity (Wildman–Crippen MR) is 87.1 cm³/mol. The highest BCUT2D eigenvalue weighted by atomic mass is 16.3. The SMILES string of the molecule is Cc1c(NCC(O)CO)cccc1C(=O)NC1CCCCC1. The molecule has 5 heteroatoms. The van der Waals surface area contributed by atoms with E-state index in [1.807, 2.05) is 25.1 Å². The van der Waals surface area contributed by atoms with Crippen molar-refractivity contribution in [3.63, 3.8) is 0 Å². The van der Waals surface area contributed by atoms with Gasteiger partial charge >= 0.3 is 0 Å². The van der Waals surface area contributed by atoms with Gasteiger partial charge in [0.15, 0.2) is 0 Å². The Kier molecular flexibility index (Phi) is 6.21. The molecule has 1 aliphatic rings. The Hall–Kier alpha value is -1.59. The van der Waals surface area contributed by atoms with Crippen molar-refractivity contribution in [2.75, 3.05) is 18.5 Å². The first kappa shape index (κ1) is 16.8. The van der Waals surface area contributed by atoms with Gasteiger partial charge in [0.05, 0.1) is 12.7 Å². The molecule has 2 rings (SSSR count). The summed E-state index contributed by atoms with van der Waals surface area (Å²) in [4.78, 5) is 12.5. The van der Waals surface area contributed by atoms with Crippen molar-refractivity contribution in [2.24, 2.45) is 0 Å². The van der Waals surface area contributed by atoms with Crippen LogP contribution in [-0.4, -0.2) is 41.4 Å². The van der Waals surface area contributed by atoms with Crippen LogP contribution >= 0.6 is 0 Å². The summed E-state index contributed by atoms with van der Waals surface area (Å²) < 4.78 is 0. The van der Waals surface area contributed by atoms with Crippen LogP contribution in [0.2, 0.25) is 0 Å². The van der Waals surface area contributed by atoms with Gasteiger partial charge in [0.1, 0.15) is 0 Å². The molecular weight excluding hydrogens is 280 g/mol. The maximum Gasteiger partial charge on any atom is 0.251 e. The van der Waals surface area contributed by atoms with Gasteiger partial charge in [-0.25, -0.2) is 0 Å². The number of nitrogens with one attached hydrogen (secondary N) is 2. The van der Waals surface area contributed by atoms with Crippen LogP contribution in [-0.2, 0) is 0 Å². The lowest BCUT2D eigenvalue weighted by atomic mass is 9.95. The maximum absolute atomic E-state index is 12.5. The van der Waals surface area contributed by atoms with Crippen LogP contribution in [0.15, 0.2) is 18.2 Å². The monoisotopic (exact) mass is 306 g/mol. The van der Waals surface area contributed by atoms with Gasteiger partial charge in [-0.3, -0.25) is 4.79 Å². The predicted octanol–water partition coefficient (Wildman–Crippen LogP) is 1.82. The van der Waals surface area contributed by atoms with Crippen LogP contribution < -0.4 is 10.6 Å². The van der Waals surface area contributed by atoms with E-state index in [2.05, 4.69) is 10.6 Å². The molecule has 0 saturated heterocycles. The molecule has 0 aromatic heterocycles.